The lowest BCUT2D eigenvalue weighted by atomic mass is 10.3. The van der Waals surface area contributed by atoms with Gasteiger partial charge in [-0.15, -0.1) is 0 Å². The molecule has 6 nitrogen and oxygen atoms in total. The largest absolute Gasteiger partial charge is 0.433 e. The van der Waals surface area contributed by atoms with E-state index >= 15 is 0 Å². The molecular formula is C11H17F3N4O2. The van der Waals surface area contributed by atoms with Gasteiger partial charge in [-0.25, -0.2) is 4.98 Å². The summed E-state index contributed by atoms with van der Waals surface area (Å²) in [6.07, 6.45) is -4.59. The Hall–Kier alpha value is -1.61. The van der Waals surface area contributed by atoms with Crippen LogP contribution in [0.15, 0.2) is 6.07 Å². The molecular weight excluding hydrogens is 277 g/mol. The minimum absolute atomic E-state index is 0.00590. The maximum absolute atomic E-state index is 12.8. The predicted octanol–water partition coefficient (Wildman–Crippen LogP) is 0.718. The quantitative estimate of drug-likeness (QED) is 0.687. The van der Waals surface area contributed by atoms with Crippen LogP contribution in [0, 0.1) is 0 Å². The zero-order chi connectivity index (χ0) is 15.2. The van der Waals surface area contributed by atoms with Crippen molar-refractivity contribution in [3.63, 3.8) is 0 Å². The molecule has 0 atom stereocenters. The monoisotopic (exact) mass is 294 g/mol. The molecule has 3 N–H and O–H groups in total. The maximum Gasteiger partial charge on any atom is 0.433 e. The Morgan fingerprint density at radius 1 is 1.20 bits per heavy atom. The Bertz CT molecular complexity index is 423. The van der Waals surface area contributed by atoms with Crippen LogP contribution in [0.3, 0.4) is 0 Å². The van der Waals surface area contributed by atoms with E-state index in [0.29, 0.717) is 6.54 Å². The van der Waals surface area contributed by atoms with Crippen LogP contribution >= 0.6 is 0 Å². The van der Waals surface area contributed by atoms with Crippen LogP contribution in [-0.4, -0.2) is 53.0 Å². The molecule has 114 valence electrons. The molecule has 0 aliphatic carbocycles. The van der Waals surface area contributed by atoms with E-state index in [0.717, 1.165) is 6.07 Å². The number of nitrogens with one attached hydrogen (secondary N) is 1. The van der Waals surface area contributed by atoms with Crippen LogP contribution in [0.4, 0.5) is 24.9 Å². The summed E-state index contributed by atoms with van der Waals surface area (Å²) < 4.78 is 38.4. The van der Waals surface area contributed by atoms with Crippen LogP contribution in [-0.2, 0) is 6.18 Å². The number of nitrogens with zero attached hydrogens (tertiary/aromatic N) is 3. The molecule has 9 heteroatoms. The number of aliphatic hydroxyl groups excluding tert-OH is 2. The molecule has 0 aliphatic heterocycles. The lowest BCUT2D eigenvalue weighted by Crippen LogP contribution is -2.31. The Morgan fingerprint density at radius 3 is 2.25 bits per heavy atom. The topological polar surface area (TPSA) is 81.5 Å². The van der Waals surface area contributed by atoms with Crippen molar-refractivity contribution < 1.29 is 23.4 Å². The molecule has 0 saturated carbocycles. The SMILES string of the molecule is CCNc1nc(N(CCO)CCO)cc(C(F)(F)F)n1. The summed E-state index contributed by atoms with van der Waals surface area (Å²) in [7, 11) is 0. The summed E-state index contributed by atoms with van der Waals surface area (Å²) in [5.41, 5.74) is -1.07. The van der Waals surface area contributed by atoms with Crippen LogP contribution in [0.25, 0.3) is 0 Å². The van der Waals surface area contributed by atoms with E-state index in [9.17, 15) is 13.2 Å². The Balaban J connectivity index is 3.18. The van der Waals surface area contributed by atoms with Gasteiger partial charge in [-0.2, -0.15) is 18.2 Å². The molecule has 0 amide bonds. The minimum atomic E-state index is -4.59. The molecule has 1 aromatic heterocycles. The molecule has 0 unspecified atom stereocenters. The lowest BCUT2D eigenvalue weighted by Gasteiger charge is -2.23. The highest BCUT2D eigenvalue weighted by Gasteiger charge is 2.34. The van der Waals surface area contributed by atoms with Crippen LogP contribution in [0.2, 0.25) is 0 Å². The first kappa shape index (κ1) is 16.4. The van der Waals surface area contributed by atoms with Crippen molar-refractivity contribution in [1.82, 2.24) is 9.97 Å². The van der Waals surface area contributed by atoms with Gasteiger partial charge >= 0.3 is 6.18 Å². The van der Waals surface area contributed by atoms with E-state index in [1.54, 1.807) is 6.92 Å². The second-order valence-corrected chi connectivity index (χ2v) is 3.90. The van der Waals surface area contributed by atoms with Crippen molar-refractivity contribution in [2.75, 3.05) is 43.1 Å². The van der Waals surface area contributed by atoms with Crippen molar-refractivity contribution in [2.24, 2.45) is 0 Å². The minimum Gasteiger partial charge on any atom is -0.395 e. The number of aromatic nitrogens is 2. The average molecular weight is 294 g/mol. The van der Waals surface area contributed by atoms with Gasteiger partial charge in [0.05, 0.1) is 13.2 Å². The second kappa shape index (κ2) is 7.25. The Morgan fingerprint density at radius 2 is 1.80 bits per heavy atom. The van der Waals surface area contributed by atoms with Gasteiger partial charge in [0.25, 0.3) is 0 Å². The number of hydrogen-bond acceptors (Lipinski definition) is 6. The van der Waals surface area contributed by atoms with Crippen LogP contribution < -0.4 is 10.2 Å². The number of alkyl halides is 3. The first-order valence-corrected chi connectivity index (χ1v) is 6.09. The van der Waals surface area contributed by atoms with Crippen molar-refractivity contribution in [1.29, 1.82) is 0 Å². The second-order valence-electron chi connectivity index (χ2n) is 3.90. The van der Waals surface area contributed by atoms with Crippen molar-refractivity contribution in [3.05, 3.63) is 11.8 Å². The predicted molar refractivity (Wildman–Crippen MR) is 67.6 cm³/mol. The van der Waals surface area contributed by atoms with E-state index in [2.05, 4.69) is 15.3 Å². The van der Waals surface area contributed by atoms with Gasteiger partial charge in [-0.1, -0.05) is 0 Å². The smallest absolute Gasteiger partial charge is 0.395 e. The zero-order valence-electron chi connectivity index (χ0n) is 11.0. The molecule has 0 fully saturated rings. The van der Waals surface area contributed by atoms with Crippen LogP contribution in [0.5, 0.6) is 0 Å². The molecule has 0 aromatic carbocycles. The molecule has 20 heavy (non-hydrogen) atoms. The lowest BCUT2D eigenvalue weighted by molar-refractivity contribution is -0.141. The first-order valence-electron chi connectivity index (χ1n) is 6.09. The van der Waals surface area contributed by atoms with E-state index < -0.39 is 11.9 Å². The standard InChI is InChI=1S/C11H17F3N4O2/c1-2-15-10-16-8(11(12,13)14)7-9(17-10)18(3-5-19)4-6-20/h7,19-20H,2-6H2,1H3,(H,15,16,17). The van der Waals surface area contributed by atoms with Gasteiger partial charge in [0.15, 0.2) is 5.69 Å². The summed E-state index contributed by atoms with van der Waals surface area (Å²) in [6, 6.07) is 0.798. The summed E-state index contributed by atoms with van der Waals surface area (Å²) in [5, 5.41) is 20.5. The fourth-order valence-corrected chi connectivity index (χ4v) is 1.56. The van der Waals surface area contributed by atoms with Gasteiger partial charge in [0.2, 0.25) is 5.95 Å². The van der Waals surface area contributed by atoms with Gasteiger partial charge < -0.3 is 20.4 Å². The normalized spacial score (nSPS) is 11.5. The number of aliphatic hydroxyl groups is 2. The van der Waals surface area contributed by atoms with E-state index in [1.165, 1.54) is 4.90 Å². The number of halogens is 3. The molecule has 1 heterocycles. The molecule has 0 spiro atoms. The summed E-state index contributed by atoms with van der Waals surface area (Å²) >= 11 is 0. The van der Waals surface area contributed by atoms with Crippen molar-refractivity contribution in [3.8, 4) is 0 Å². The molecule has 1 rings (SSSR count). The Kier molecular flexibility index (Phi) is 5.96. The third-order valence-corrected chi connectivity index (χ3v) is 2.40. The van der Waals surface area contributed by atoms with E-state index in [-0.39, 0.29) is 38.1 Å². The summed E-state index contributed by atoms with van der Waals surface area (Å²) in [5.74, 6) is -0.135. The zero-order valence-corrected chi connectivity index (χ0v) is 11.0. The van der Waals surface area contributed by atoms with Gasteiger partial charge in [0, 0.05) is 25.7 Å². The maximum atomic E-state index is 12.8. The van der Waals surface area contributed by atoms with Crippen molar-refractivity contribution >= 4 is 11.8 Å². The highest BCUT2D eigenvalue weighted by atomic mass is 19.4. The molecule has 1 aromatic rings. The van der Waals surface area contributed by atoms with Gasteiger partial charge in [-0.05, 0) is 6.92 Å². The molecule has 0 bridgehead atoms. The van der Waals surface area contributed by atoms with E-state index in [4.69, 9.17) is 10.2 Å². The summed E-state index contributed by atoms with van der Waals surface area (Å²) in [6.45, 7) is 1.70. The number of rotatable bonds is 7. The third kappa shape index (κ3) is 4.49. The van der Waals surface area contributed by atoms with E-state index in [1.807, 2.05) is 0 Å². The highest BCUT2D eigenvalue weighted by molar-refractivity contribution is 5.45. The molecule has 0 radical (unpaired) electrons. The average Bonchev–Trinajstić information content (AvgIpc) is 2.37. The van der Waals surface area contributed by atoms with Crippen LogP contribution in [0.1, 0.15) is 12.6 Å². The fraction of sp³-hybridized carbons (Fsp3) is 0.636. The molecule has 0 aliphatic rings. The Labute approximate surface area is 114 Å². The third-order valence-electron chi connectivity index (χ3n) is 2.40. The van der Waals surface area contributed by atoms with Crippen molar-refractivity contribution in [2.45, 2.75) is 13.1 Å². The first-order chi connectivity index (χ1) is 9.42. The van der Waals surface area contributed by atoms with Gasteiger partial charge in [-0.3, -0.25) is 0 Å². The molecule has 0 saturated heterocycles. The summed E-state index contributed by atoms with van der Waals surface area (Å²) in [4.78, 5) is 8.71. The van der Waals surface area contributed by atoms with Gasteiger partial charge in [0.1, 0.15) is 5.82 Å². The fourth-order valence-electron chi connectivity index (χ4n) is 1.56. The highest BCUT2D eigenvalue weighted by Crippen LogP contribution is 2.30. The number of hydrogen-bond donors (Lipinski definition) is 3. The number of anilines is 2.